The molecule has 0 radical (unpaired) electrons. The maximum atomic E-state index is 5.85. The molecule has 0 atom stereocenters. The lowest BCUT2D eigenvalue weighted by Gasteiger charge is -2.00. The second kappa shape index (κ2) is 4.40. The Hall–Kier alpha value is -0.640. The molecule has 1 rings (SSSR count). The Labute approximate surface area is 77.4 Å². The number of thioether (sulfide) groups is 1. The predicted molar refractivity (Wildman–Crippen MR) is 54.4 cm³/mol. The van der Waals surface area contributed by atoms with Gasteiger partial charge in [0.15, 0.2) is 0 Å². The Morgan fingerprint density at radius 2 is 2.42 bits per heavy atom. The molecule has 0 aromatic carbocycles. The summed E-state index contributed by atoms with van der Waals surface area (Å²) in [7, 11) is 0. The summed E-state index contributed by atoms with van der Waals surface area (Å²) in [6, 6.07) is 0. The van der Waals surface area contributed by atoms with E-state index in [9.17, 15) is 0 Å². The zero-order chi connectivity index (χ0) is 8.97. The molecule has 0 aliphatic heterocycles. The van der Waals surface area contributed by atoms with E-state index in [1.807, 2.05) is 22.7 Å². The van der Waals surface area contributed by atoms with E-state index >= 15 is 0 Å². The van der Waals surface area contributed by atoms with Crippen LogP contribution in [-0.2, 0) is 13.0 Å². The van der Waals surface area contributed by atoms with Crippen LogP contribution in [0.15, 0.2) is 6.33 Å². The van der Waals surface area contributed by atoms with Gasteiger partial charge in [-0.2, -0.15) is 11.8 Å². The van der Waals surface area contributed by atoms with Crippen LogP contribution in [0.3, 0.4) is 0 Å². The third kappa shape index (κ3) is 1.94. The molecule has 0 amide bonds. The molecule has 0 unspecified atom stereocenters. The van der Waals surface area contributed by atoms with E-state index in [0.29, 0.717) is 0 Å². The molecule has 1 aromatic rings. The minimum absolute atomic E-state index is 0.826. The third-order valence-corrected chi connectivity index (χ3v) is 2.45. The van der Waals surface area contributed by atoms with Crippen LogP contribution < -0.4 is 5.73 Å². The molecule has 0 fully saturated rings. The van der Waals surface area contributed by atoms with Gasteiger partial charge in [0.25, 0.3) is 0 Å². The van der Waals surface area contributed by atoms with Gasteiger partial charge in [-0.1, -0.05) is 0 Å². The largest absolute Gasteiger partial charge is 0.384 e. The number of nitrogens with zero attached hydrogens (tertiary/aromatic N) is 2. The summed E-state index contributed by atoms with van der Waals surface area (Å²) < 4.78 is 1.97. The molecule has 0 bridgehead atoms. The van der Waals surface area contributed by atoms with E-state index in [0.717, 1.165) is 30.2 Å². The molecule has 3 nitrogen and oxygen atoms in total. The van der Waals surface area contributed by atoms with E-state index in [1.54, 1.807) is 0 Å². The Morgan fingerprint density at radius 3 is 2.92 bits per heavy atom. The van der Waals surface area contributed by atoms with Gasteiger partial charge in [-0.3, -0.25) is 0 Å². The van der Waals surface area contributed by atoms with E-state index in [2.05, 4.69) is 18.2 Å². The van der Waals surface area contributed by atoms with E-state index < -0.39 is 0 Å². The maximum Gasteiger partial charge on any atom is 0.126 e. The van der Waals surface area contributed by atoms with Crippen molar-refractivity contribution in [3.8, 4) is 0 Å². The number of nitrogen functional groups attached to an aromatic ring is 1. The summed E-state index contributed by atoms with van der Waals surface area (Å²) in [5, 5.41) is 0. The highest BCUT2D eigenvalue weighted by Gasteiger charge is 2.04. The minimum Gasteiger partial charge on any atom is -0.384 e. The highest BCUT2D eigenvalue weighted by molar-refractivity contribution is 7.98. The zero-order valence-corrected chi connectivity index (χ0v) is 8.40. The summed E-state index contributed by atoms with van der Waals surface area (Å²) in [5.74, 6) is 1.91. The van der Waals surface area contributed by atoms with Crippen LogP contribution in [0.1, 0.15) is 12.6 Å². The van der Waals surface area contributed by atoms with Crippen molar-refractivity contribution < 1.29 is 0 Å². The first-order valence-corrected chi connectivity index (χ1v) is 5.47. The lowest BCUT2D eigenvalue weighted by molar-refractivity contribution is 0.771. The Bertz CT molecular complexity index is 244. The van der Waals surface area contributed by atoms with Gasteiger partial charge in [-0.25, -0.2) is 4.98 Å². The first-order valence-electron chi connectivity index (χ1n) is 4.08. The van der Waals surface area contributed by atoms with Gasteiger partial charge in [0.1, 0.15) is 5.82 Å². The van der Waals surface area contributed by atoms with Crippen molar-refractivity contribution >= 4 is 17.6 Å². The molecule has 0 saturated heterocycles. The number of rotatable bonds is 4. The van der Waals surface area contributed by atoms with E-state index in [-0.39, 0.29) is 0 Å². The topological polar surface area (TPSA) is 43.8 Å². The molecule has 0 spiro atoms. The number of hydrogen-bond acceptors (Lipinski definition) is 3. The van der Waals surface area contributed by atoms with Gasteiger partial charge in [-0.05, 0) is 18.9 Å². The quantitative estimate of drug-likeness (QED) is 0.771. The summed E-state index contributed by atoms with van der Waals surface area (Å²) in [4.78, 5) is 4.25. The molecule has 12 heavy (non-hydrogen) atoms. The van der Waals surface area contributed by atoms with Crippen LogP contribution in [0.25, 0.3) is 0 Å². The molecule has 1 heterocycles. The fourth-order valence-electron chi connectivity index (χ4n) is 1.08. The van der Waals surface area contributed by atoms with E-state index in [4.69, 9.17) is 5.73 Å². The summed E-state index contributed by atoms with van der Waals surface area (Å²) in [5.41, 5.74) is 6.88. The number of imidazole rings is 1. The lowest BCUT2D eigenvalue weighted by atomic mass is 10.3. The van der Waals surface area contributed by atoms with Crippen molar-refractivity contribution in [3.05, 3.63) is 12.0 Å². The zero-order valence-electron chi connectivity index (χ0n) is 7.58. The third-order valence-electron chi connectivity index (χ3n) is 1.84. The van der Waals surface area contributed by atoms with Crippen LogP contribution in [0.2, 0.25) is 0 Å². The van der Waals surface area contributed by atoms with Crippen LogP contribution in [0.5, 0.6) is 0 Å². The van der Waals surface area contributed by atoms with Gasteiger partial charge in [-0.15, -0.1) is 0 Å². The lowest BCUT2D eigenvalue weighted by Crippen LogP contribution is -2.01. The molecular formula is C8H15N3S. The maximum absolute atomic E-state index is 5.85. The van der Waals surface area contributed by atoms with Crippen molar-refractivity contribution in [1.29, 1.82) is 0 Å². The highest BCUT2D eigenvalue weighted by Crippen LogP contribution is 2.11. The van der Waals surface area contributed by atoms with Crippen molar-refractivity contribution in [3.63, 3.8) is 0 Å². The predicted octanol–water partition coefficient (Wildman–Crippen LogP) is 1.39. The van der Waals surface area contributed by atoms with Crippen LogP contribution >= 0.6 is 11.8 Å². The fraction of sp³-hybridized carbons (Fsp3) is 0.625. The summed E-state index contributed by atoms with van der Waals surface area (Å²) in [6.07, 6.45) is 4.87. The van der Waals surface area contributed by atoms with Crippen molar-refractivity contribution in [2.24, 2.45) is 0 Å². The molecule has 0 saturated carbocycles. The number of aryl methyl sites for hydroxylation is 2. The molecule has 0 aliphatic rings. The Morgan fingerprint density at radius 1 is 1.67 bits per heavy atom. The normalized spacial score (nSPS) is 10.5. The molecule has 1 aromatic heterocycles. The average molecular weight is 185 g/mol. The molecule has 68 valence electrons. The number of anilines is 1. The van der Waals surface area contributed by atoms with Crippen LogP contribution in [0, 0.1) is 0 Å². The van der Waals surface area contributed by atoms with E-state index in [1.165, 1.54) is 0 Å². The fourth-order valence-corrected chi connectivity index (χ4v) is 1.47. The second-order valence-electron chi connectivity index (χ2n) is 2.61. The van der Waals surface area contributed by atoms with Gasteiger partial charge in [0.05, 0.1) is 12.0 Å². The van der Waals surface area contributed by atoms with Crippen molar-refractivity contribution in [2.75, 3.05) is 17.7 Å². The van der Waals surface area contributed by atoms with Crippen molar-refractivity contribution in [2.45, 2.75) is 19.9 Å². The SMILES string of the molecule is CCn1cnc(CCSC)c1N. The average Bonchev–Trinajstić information content (AvgIpc) is 2.43. The van der Waals surface area contributed by atoms with Gasteiger partial charge >= 0.3 is 0 Å². The van der Waals surface area contributed by atoms with Crippen molar-refractivity contribution in [1.82, 2.24) is 9.55 Å². The standard InChI is InChI=1S/C8H15N3S/c1-3-11-6-10-7(8(11)9)4-5-12-2/h6H,3-5,9H2,1-2H3. The number of nitrogens with two attached hydrogens (primary N) is 1. The summed E-state index contributed by atoms with van der Waals surface area (Å²) in [6.45, 7) is 2.97. The smallest absolute Gasteiger partial charge is 0.126 e. The van der Waals surface area contributed by atoms with Gasteiger partial charge < -0.3 is 10.3 Å². The van der Waals surface area contributed by atoms with Gasteiger partial charge in [0.2, 0.25) is 0 Å². The first kappa shape index (κ1) is 9.45. The Kier molecular flexibility index (Phi) is 3.47. The van der Waals surface area contributed by atoms with Crippen LogP contribution in [0.4, 0.5) is 5.82 Å². The molecule has 4 heteroatoms. The monoisotopic (exact) mass is 185 g/mol. The molecule has 0 aliphatic carbocycles. The number of aromatic nitrogens is 2. The Balaban J connectivity index is 2.66. The first-order chi connectivity index (χ1) is 5.79. The second-order valence-corrected chi connectivity index (χ2v) is 3.59. The van der Waals surface area contributed by atoms with Gasteiger partial charge in [0, 0.05) is 13.0 Å². The highest BCUT2D eigenvalue weighted by atomic mass is 32.2. The minimum atomic E-state index is 0.826. The number of hydrogen-bond donors (Lipinski definition) is 1. The molecular weight excluding hydrogens is 170 g/mol. The molecule has 2 N–H and O–H groups in total. The van der Waals surface area contributed by atoms with Crippen LogP contribution in [-0.4, -0.2) is 21.6 Å². The summed E-state index contributed by atoms with van der Waals surface area (Å²) >= 11 is 1.82.